The predicted octanol–water partition coefficient (Wildman–Crippen LogP) is 5.74. The fraction of sp³-hybridized carbons (Fsp3) is 0.292. The van der Waals surface area contributed by atoms with Crippen LogP contribution in [-0.4, -0.2) is 30.1 Å². The molecule has 1 saturated carbocycles. The molecule has 1 aliphatic rings. The minimum atomic E-state index is -0.593. The average Bonchev–Trinajstić information content (AvgIpc) is 3.19. The Morgan fingerprint density at radius 3 is 2.70 bits per heavy atom. The molecule has 9 heteroatoms. The van der Waals surface area contributed by atoms with Gasteiger partial charge in [0.05, 0.1) is 10.6 Å². The summed E-state index contributed by atoms with van der Waals surface area (Å²) < 4.78 is 19.7. The van der Waals surface area contributed by atoms with Crippen molar-refractivity contribution in [1.29, 1.82) is 0 Å². The van der Waals surface area contributed by atoms with E-state index in [1.54, 1.807) is 12.1 Å². The molecule has 2 unspecified atom stereocenters. The summed E-state index contributed by atoms with van der Waals surface area (Å²) in [6.45, 7) is 0.486. The minimum absolute atomic E-state index is 0.0270. The first-order valence-corrected chi connectivity index (χ1v) is 11.4. The second kappa shape index (κ2) is 10.4. The molecule has 0 saturated heterocycles. The Kier molecular flexibility index (Phi) is 7.30. The van der Waals surface area contributed by atoms with E-state index >= 15 is 0 Å². The summed E-state index contributed by atoms with van der Waals surface area (Å²) in [6, 6.07) is 13.1. The van der Waals surface area contributed by atoms with Crippen molar-refractivity contribution < 1.29 is 18.5 Å². The number of hydrogen-bond acceptors (Lipinski definition) is 4. The van der Waals surface area contributed by atoms with Gasteiger partial charge in [-0.1, -0.05) is 47.4 Å². The van der Waals surface area contributed by atoms with Crippen molar-refractivity contribution in [3.05, 3.63) is 70.2 Å². The number of amides is 2. The van der Waals surface area contributed by atoms with Crippen LogP contribution >= 0.6 is 23.2 Å². The van der Waals surface area contributed by atoms with E-state index < -0.39 is 5.82 Å². The lowest BCUT2D eigenvalue weighted by Crippen LogP contribution is -2.41. The largest absolute Gasteiger partial charge is 0.352 e. The van der Waals surface area contributed by atoms with Crippen LogP contribution in [-0.2, 0) is 4.79 Å². The standard InChI is InChI=1S/C24H22Cl2FN3O3/c25-18-10-5-11-19(27)20(18)21-22(23(26)33-29-21)30(14-31)17-9-4-6-15(12-17)13-28-24(32)16-7-2-1-3-8-16/h1-3,5,7-8,10-11,14-15,17H,4,6,9,12-13H2,(H,28,32). The zero-order valence-corrected chi connectivity index (χ0v) is 19.2. The number of halogens is 3. The maximum absolute atomic E-state index is 14.6. The van der Waals surface area contributed by atoms with Crippen LogP contribution in [0.25, 0.3) is 11.3 Å². The molecule has 1 aliphatic carbocycles. The van der Waals surface area contributed by atoms with Gasteiger partial charge in [0.25, 0.3) is 11.1 Å². The number of rotatable bonds is 7. The van der Waals surface area contributed by atoms with Crippen LogP contribution in [0.1, 0.15) is 36.0 Å². The molecule has 2 amide bonds. The Morgan fingerprint density at radius 2 is 1.97 bits per heavy atom. The van der Waals surface area contributed by atoms with Gasteiger partial charge in [-0.25, -0.2) is 4.39 Å². The van der Waals surface area contributed by atoms with Crippen molar-refractivity contribution >= 4 is 41.2 Å². The lowest BCUT2D eigenvalue weighted by molar-refractivity contribution is -0.108. The first kappa shape index (κ1) is 23.3. The third kappa shape index (κ3) is 5.04. The molecule has 2 atom stereocenters. The highest BCUT2D eigenvalue weighted by atomic mass is 35.5. The Balaban J connectivity index is 1.52. The highest BCUT2D eigenvalue weighted by Gasteiger charge is 2.33. The van der Waals surface area contributed by atoms with Crippen LogP contribution in [0.3, 0.4) is 0 Å². The van der Waals surface area contributed by atoms with Gasteiger partial charge in [0.1, 0.15) is 17.2 Å². The van der Waals surface area contributed by atoms with E-state index in [0.29, 0.717) is 24.9 Å². The summed E-state index contributed by atoms with van der Waals surface area (Å²) in [5, 5.41) is 6.89. The molecular weight excluding hydrogens is 468 g/mol. The van der Waals surface area contributed by atoms with E-state index in [1.165, 1.54) is 23.1 Å². The quantitative estimate of drug-likeness (QED) is 0.429. The summed E-state index contributed by atoms with van der Waals surface area (Å²) in [5.74, 6) is -0.564. The fourth-order valence-electron chi connectivity index (χ4n) is 4.33. The van der Waals surface area contributed by atoms with Crippen molar-refractivity contribution in [1.82, 2.24) is 10.5 Å². The molecule has 172 valence electrons. The number of carbonyl (C=O) groups excluding carboxylic acids is 2. The molecule has 1 heterocycles. The van der Waals surface area contributed by atoms with Crippen LogP contribution in [0.15, 0.2) is 53.1 Å². The zero-order chi connectivity index (χ0) is 23.4. The molecule has 0 spiro atoms. The van der Waals surface area contributed by atoms with Crippen LogP contribution in [0.2, 0.25) is 10.2 Å². The van der Waals surface area contributed by atoms with Crippen LogP contribution in [0.4, 0.5) is 10.1 Å². The molecule has 3 aromatic rings. The lowest BCUT2D eigenvalue weighted by atomic mass is 9.84. The third-order valence-corrected chi connectivity index (χ3v) is 6.50. The predicted molar refractivity (Wildman–Crippen MR) is 125 cm³/mol. The second-order valence-corrected chi connectivity index (χ2v) is 8.78. The molecule has 0 radical (unpaired) electrons. The van der Waals surface area contributed by atoms with Crippen molar-refractivity contribution in [3.8, 4) is 11.3 Å². The van der Waals surface area contributed by atoms with Crippen molar-refractivity contribution in [2.45, 2.75) is 31.7 Å². The van der Waals surface area contributed by atoms with E-state index in [0.717, 1.165) is 19.3 Å². The molecule has 1 N–H and O–H groups in total. The number of hydrogen-bond donors (Lipinski definition) is 1. The van der Waals surface area contributed by atoms with Gasteiger partial charge in [-0.15, -0.1) is 0 Å². The van der Waals surface area contributed by atoms with E-state index in [1.807, 2.05) is 18.2 Å². The maximum Gasteiger partial charge on any atom is 0.251 e. The first-order valence-electron chi connectivity index (χ1n) is 10.7. The monoisotopic (exact) mass is 489 g/mol. The molecule has 33 heavy (non-hydrogen) atoms. The molecule has 0 aliphatic heterocycles. The SMILES string of the molecule is O=CN(c1c(-c2c(F)cccc2Cl)noc1Cl)C1CCCC(CNC(=O)c2ccccc2)C1. The smallest absolute Gasteiger partial charge is 0.251 e. The molecular formula is C24H22Cl2FN3O3. The number of nitrogens with zero attached hydrogens (tertiary/aromatic N) is 2. The van der Waals surface area contributed by atoms with Crippen molar-refractivity contribution in [2.75, 3.05) is 11.4 Å². The van der Waals surface area contributed by atoms with Gasteiger partial charge < -0.3 is 14.7 Å². The van der Waals surface area contributed by atoms with Crippen LogP contribution in [0.5, 0.6) is 0 Å². The van der Waals surface area contributed by atoms with Gasteiger partial charge >= 0.3 is 0 Å². The molecule has 6 nitrogen and oxygen atoms in total. The van der Waals surface area contributed by atoms with Gasteiger partial charge in [-0.3, -0.25) is 9.59 Å². The fourth-order valence-corrected chi connectivity index (χ4v) is 4.80. The summed E-state index contributed by atoms with van der Waals surface area (Å²) >= 11 is 12.5. The Bertz CT molecular complexity index is 1120. The normalized spacial score (nSPS) is 18.0. The summed E-state index contributed by atoms with van der Waals surface area (Å²) in [7, 11) is 0. The average molecular weight is 490 g/mol. The van der Waals surface area contributed by atoms with Crippen molar-refractivity contribution in [3.63, 3.8) is 0 Å². The van der Waals surface area contributed by atoms with E-state index in [9.17, 15) is 14.0 Å². The molecule has 1 fully saturated rings. The van der Waals surface area contributed by atoms with Crippen LogP contribution < -0.4 is 10.2 Å². The number of carbonyl (C=O) groups is 2. The van der Waals surface area contributed by atoms with Gasteiger partial charge in [0.15, 0.2) is 0 Å². The Morgan fingerprint density at radius 1 is 1.18 bits per heavy atom. The number of anilines is 1. The molecule has 4 rings (SSSR count). The molecule has 0 bridgehead atoms. The summed E-state index contributed by atoms with van der Waals surface area (Å²) in [6.07, 6.45) is 3.81. The third-order valence-electron chi connectivity index (χ3n) is 5.93. The Hall–Kier alpha value is -2.90. The van der Waals surface area contributed by atoms with Gasteiger partial charge in [0, 0.05) is 18.2 Å². The number of nitrogens with one attached hydrogen (secondary N) is 1. The van der Waals surface area contributed by atoms with E-state index in [-0.39, 0.29) is 45.1 Å². The first-order chi connectivity index (χ1) is 16.0. The van der Waals surface area contributed by atoms with Gasteiger partial charge in [-0.2, -0.15) is 0 Å². The van der Waals surface area contributed by atoms with Gasteiger partial charge in [0.2, 0.25) is 6.41 Å². The van der Waals surface area contributed by atoms with E-state index in [4.69, 9.17) is 27.7 Å². The number of aromatic nitrogens is 1. The summed E-state index contributed by atoms with van der Waals surface area (Å²) in [4.78, 5) is 26.0. The second-order valence-electron chi connectivity index (χ2n) is 8.03. The highest BCUT2D eigenvalue weighted by molar-refractivity contribution is 6.35. The molecule has 2 aromatic carbocycles. The topological polar surface area (TPSA) is 75.4 Å². The van der Waals surface area contributed by atoms with Crippen LogP contribution in [0, 0.1) is 11.7 Å². The summed E-state index contributed by atoms with van der Waals surface area (Å²) in [5.41, 5.74) is 0.897. The lowest BCUT2D eigenvalue weighted by Gasteiger charge is -2.35. The zero-order valence-electron chi connectivity index (χ0n) is 17.6. The Labute approximate surface area is 200 Å². The molecule has 1 aromatic heterocycles. The van der Waals surface area contributed by atoms with Crippen molar-refractivity contribution in [2.24, 2.45) is 5.92 Å². The van der Waals surface area contributed by atoms with E-state index in [2.05, 4.69) is 10.5 Å². The maximum atomic E-state index is 14.6. The highest BCUT2D eigenvalue weighted by Crippen LogP contribution is 2.42. The van der Waals surface area contributed by atoms with Gasteiger partial charge in [-0.05, 0) is 61.0 Å². The number of benzene rings is 2. The minimum Gasteiger partial charge on any atom is -0.352 e.